The average Bonchev–Trinajstić information content (AvgIpc) is 2.40. The maximum absolute atomic E-state index is 4.10. The van der Waals surface area contributed by atoms with Gasteiger partial charge in [0.1, 0.15) is 6.17 Å². The zero-order valence-corrected chi connectivity index (χ0v) is 11.3. The van der Waals surface area contributed by atoms with Crippen molar-refractivity contribution in [1.29, 1.82) is 0 Å². The van der Waals surface area contributed by atoms with E-state index in [9.17, 15) is 0 Å². The Kier molecular flexibility index (Phi) is 4.68. The molecule has 2 N–H and O–H groups in total. The molecule has 1 saturated carbocycles. The summed E-state index contributed by atoms with van der Waals surface area (Å²) in [6, 6.07) is 0. The van der Waals surface area contributed by atoms with Crippen LogP contribution in [0.5, 0.6) is 0 Å². The molecule has 1 unspecified atom stereocenters. The van der Waals surface area contributed by atoms with Crippen molar-refractivity contribution >= 4 is 0 Å². The van der Waals surface area contributed by atoms with E-state index in [4.69, 9.17) is 0 Å². The highest BCUT2D eigenvalue weighted by Gasteiger charge is 2.15. The highest BCUT2D eigenvalue weighted by Crippen LogP contribution is 2.29. The highest BCUT2D eigenvalue weighted by molar-refractivity contribution is 5.23. The molecule has 1 aliphatic heterocycles. The zero-order chi connectivity index (χ0) is 12.8. The lowest BCUT2D eigenvalue weighted by molar-refractivity contribution is 0.402. The minimum absolute atomic E-state index is 0.165. The number of rotatable bonds is 4. The third-order valence-electron chi connectivity index (χ3n) is 3.78. The second kappa shape index (κ2) is 6.48. The molecule has 2 rings (SSSR count). The molecule has 1 fully saturated rings. The first kappa shape index (κ1) is 13.0. The summed E-state index contributed by atoms with van der Waals surface area (Å²) >= 11 is 0. The van der Waals surface area contributed by atoms with Crippen LogP contribution in [-0.4, -0.2) is 6.17 Å². The van der Waals surface area contributed by atoms with Gasteiger partial charge in [-0.1, -0.05) is 37.5 Å². The van der Waals surface area contributed by atoms with E-state index >= 15 is 0 Å². The van der Waals surface area contributed by atoms with E-state index < -0.39 is 0 Å². The predicted molar refractivity (Wildman–Crippen MR) is 77.8 cm³/mol. The Hall–Kier alpha value is -1.44. The normalized spacial score (nSPS) is 24.7. The van der Waals surface area contributed by atoms with Crippen molar-refractivity contribution in [1.82, 2.24) is 10.6 Å². The van der Waals surface area contributed by atoms with Crippen LogP contribution < -0.4 is 10.6 Å². The van der Waals surface area contributed by atoms with Gasteiger partial charge in [-0.2, -0.15) is 0 Å². The number of nitrogens with one attached hydrogen (secondary N) is 2. The largest absolute Gasteiger partial charge is 0.368 e. The summed E-state index contributed by atoms with van der Waals surface area (Å²) in [5, 5.41) is 6.60. The van der Waals surface area contributed by atoms with Crippen LogP contribution in [0.4, 0.5) is 0 Å². The van der Waals surface area contributed by atoms with Gasteiger partial charge in [0.25, 0.3) is 0 Å². The van der Waals surface area contributed by atoms with Crippen LogP contribution in [-0.2, 0) is 0 Å². The summed E-state index contributed by atoms with van der Waals surface area (Å²) in [5.41, 5.74) is 2.47. The molecule has 0 aromatic carbocycles. The molecule has 0 saturated heterocycles. The zero-order valence-electron chi connectivity index (χ0n) is 11.3. The topological polar surface area (TPSA) is 24.1 Å². The van der Waals surface area contributed by atoms with Crippen molar-refractivity contribution in [3.63, 3.8) is 0 Å². The van der Waals surface area contributed by atoms with Gasteiger partial charge in [0.2, 0.25) is 0 Å². The molecule has 0 aromatic rings. The summed E-state index contributed by atoms with van der Waals surface area (Å²) in [7, 11) is 0. The minimum Gasteiger partial charge on any atom is -0.368 e. The molecule has 1 atom stereocenters. The Balaban J connectivity index is 1.84. The lowest BCUT2D eigenvalue weighted by Gasteiger charge is -2.24. The molecule has 0 spiro atoms. The minimum atomic E-state index is 0.165. The van der Waals surface area contributed by atoms with Gasteiger partial charge in [-0.15, -0.1) is 0 Å². The Morgan fingerprint density at radius 2 is 2.06 bits per heavy atom. The molecule has 0 aromatic heterocycles. The Morgan fingerprint density at radius 1 is 1.28 bits per heavy atom. The van der Waals surface area contributed by atoms with Crippen molar-refractivity contribution in [2.24, 2.45) is 5.92 Å². The molecule has 98 valence electrons. The summed E-state index contributed by atoms with van der Waals surface area (Å²) in [6.07, 6.45) is 17.3. The molecule has 1 aliphatic carbocycles. The lowest BCUT2D eigenvalue weighted by atomic mass is 9.84. The van der Waals surface area contributed by atoms with Gasteiger partial charge >= 0.3 is 0 Å². The Morgan fingerprint density at radius 3 is 2.72 bits per heavy atom. The monoisotopic (exact) mass is 244 g/mol. The smallest absolute Gasteiger partial charge is 0.116 e. The first-order chi connectivity index (χ1) is 8.75. The molecular weight excluding hydrogens is 220 g/mol. The summed E-state index contributed by atoms with van der Waals surface area (Å²) in [4.78, 5) is 0. The number of hydrogen-bond donors (Lipinski definition) is 2. The van der Waals surface area contributed by atoms with Gasteiger partial charge in [-0.3, -0.25) is 0 Å². The van der Waals surface area contributed by atoms with Crippen LogP contribution in [0.2, 0.25) is 0 Å². The summed E-state index contributed by atoms with van der Waals surface area (Å²) < 4.78 is 0. The third kappa shape index (κ3) is 3.80. The van der Waals surface area contributed by atoms with Crippen LogP contribution in [0.3, 0.4) is 0 Å². The van der Waals surface area contributed by atoms with Gasteiger partial charge in [0, 0.05) is 5.70 Å². The molecule has 2 heteroatoms. The van der Waals surface area contributed by atoms with E-state index in [1.807, 2.05) is 18.4 Å². The number of dihydropyridines is 1. The first-order valence-corrected chi connectivity index (χ1v) is 6.99. The van der Waals surface area contributed by atoms with Crippen LogP contribution in [0, 0.1) is 5.92 Å². The van der Waals surface area contributed by atoms with E-state index in [0.29, 0.717) is 0 Å². The fourth-order valence-electron chi connectivity index (χ4n) is 2.73. The molecule has 2 aliphatic rings. The maximum Gasteiger partial charge on any atom is 0.116 e. The molecule has 1 heterocycles. The number of hydrogen-bond acceptors (Lipinski definition) is 2. The van der Waals surface area contributed by atoms with Crippen molar-refractivity contribution in [2.45, 2.75) is 45.2 Å². The van der Waals surface area contributed by atoms with Crippen LogP contribution in [0.1, 0.15) is 39.0 Å². The number of allylic oxidation sites excluding steroid dienone is 4. The quantitative estimate of drug-likeness (QED) is 0.738. The molecule has 0 radical (unpaired) electrons. The van der Waals surface area contributed by atoms with Crippen molar-refractivity contribution in [2.75, 3.05) is 0 Å². The Bertz CT molecular complexity index is 371. The van der Waals surface area contributed by atoms with Gasteiger partial charge in [0.05, 0.1) is 0 Å². The third-order valence-corrected chi connectivity index (χ3v) is 3.78. The van der Waals surface area contributed by atoms with E-state index in [-0.39, 0.29) is 6.17 Å². The molecule has 2 nitrogen and oxygen atoms in total. The van der Waals surface area contributed by atoms with Gasteiger partial charge < -0.3 is 10.6 Å². The van der Waals surface area contributed by atoms with Crippen molar-refractivity contribution in [3.05, 3.63) is 48.4 Å². The van der Waals surface area contributed by atoms with E-state index in [0.717, 1.165) is 11.6 Å². The molecule has 0 amide bonds. The van der Waals surface area contributed by atoms with E-state index in [1.165, 1.54) is 37.7 Å². The van der Waals surface area contributed by atoms with Gasteiger partial charge in [-0.05, 0) is 50.1 Å². The highest BCUT2D eigenvalue weighted by atomic mass is 15.1. The fourth-order valence-corrected chi connectivity index (χ4v) is 2.73. The van der Waals surface area contributed by atoms with Crippen LogP contribution >= 0.6 is 0 Å². The second-order valence-electron chi connectivity index (χ2n) is 5.28. The van der Waals surface area contributed by atoms with E-state index in [2.05, 4.69) is 36.3 Å². The van der Waals surface area contributed by atoms with E-state index in [1.54, 1.807) is 0 Å². The van der Waals surface area contributed by atoms with Gasteiger partial charge in [0.15, 0.2) is 0 Å². The predicted octanol–water partition coefficient (Wildman–Crippen LogP) is 3.62. The molecule has 18 heavy (non-hydrogen) atoms. The Labute approximate surface area is 111 Å². The van der Waals surface area contributed by atoms with Gasteiger partial charge in [-0.25, -0.2) is 0 Å². The lowest BCUT2D eigenvalue weighted by Crippen LogP contribution is -2.37. The summed E-state index contributed by atoms with van der Waals surface area (Å²) in [6.45, 7) is 6.34. The van der Waals surface area contributed by atoms with Crippen LogP contribution in [0.25, 0.3) is 0 Å². The summed E-state index contributed by atoms with van der Waals surface area (Å²) in [5.74, 6) is 0.770. The fraction of sp³-hybridized carbons (Fsp3) is 0.500. The average molecular weight is 244 g/mol. The molecular formula is C16H24N2. The molecule has 0 bridgehead atoms. The SMILES string of the molecule is C=C(/C=C(\C)C1CCCCC1)NC1C=CC=CN1. The van der Waals surface area contributed by atoms with Crippen molar-refractivity contribution < 1.29 is 0 Å². The second-order valence-corrected chi connectivity index (χ2v) is 5.28. The first-order valence-electron chi connectivity index (χ1n) is 6.99. The maximum atomic E-state index is 4.10. The van der Waals surface area contributed by atoms with Crippen molar-refractivity contribution in [3.8, 4) is 0 Å². The van der Waals surface area contributed by atoms with Crippen LogP contribution in [0.15, 0.2) is 48.4 Å². The standard InChI is InChI=1S/C16H24N2/c1-13(15-8-4-3-5-9-15)12-14(2)18-16-10-6-7-11-17-16/h6-7,10-12,15-18H,2-5,8-9H2,1H3/b13-12+.